The minimum atomic E-state index is -3.11. The van der Waals surface area contributed by atoms with Crippen LogP contribution in [-0.4, -0.2) is 31.7 Å². The second kappa shape index (κ2) is 8.09. The highest BCUT2D eigenvalue weighted by atomic mass is 35.5. The number of hydrogen-bond donors (Lipinski definition) is 2. The first kappa shape index (κ1) is 17.6. The van der Waals surface area contributed by atoms with E-state index in [2.05, 4.69) is 15.4 Å². The third kappa shape index (κ3) is 5.09. The molecule has 1 amide bonds. The van der Waals surface area contributed by atoms with Gasteiger partial charge in [0.1, 0.15) is 11.6 Å². The zero-order chi connectivity index (χ0) is 14.5. The van der Waals surface area contributed by atoms with Gasteiger partial charge < -0.3 is 15.4 Å². The number of carbonyl (C=O) groups is 1. The first-order valence-electron chi connectivity index (χ1n) is 6.32. The SMILES string of the molecule is Cl.O=C(NCC1CCCN1)c1ccc(F)cc1OC(F)F. The Labute approximate surface area is 126 Å². The van der Waals surface area contributed by atoms with Crippen LogP contribution < -0.4 is 15.4 Å². The van der Waals surface area contributed by atoms with Gasteiger partial charge in [0, 0.05) is 18.7 Å². The molecular formula is C13H16ClF3N2O2. The molecule has 0 spiro atoms. The maximum atomic E-state index is 13.0. The van der Waals surface area contributed by atoms with Crippen LogP contribution in [0.2, 0.25) is 0 Å². The van der Waals surface area contributed by atoms with E-state index in [1.54, 1.807) is 0 Å². The number of rotatable bonds is 5. The minimum absolute atomic E-state index is 0. The fraction of sp³-hybridized carbons (Fsp3) is 0.462. The Kier molecular flexibility index (Phi) is 6.77. The quantitative estimate of drug-likeness (QED) is 0.874. The van der Waals surface area contributed by atoms with Crippen LogP contribution in [-0.2, 0) is 0 Å². The Hall–Kier alpha value is -1.47. The van der Waals surface area contributed by atoms with E-state index in [4.69, 9.17) is 0 Å². The number of alkyl halides is 2. The Morgan fingerprint density at radius 3 is 2.86 bits per heavy atom. The molecule has 1 fully saturated rings. The lowest BCUT2D eigenvalue weighted by Gasteiger charge is -2.14. The number of hydrogen-bond acceptors (Lipinski definition) is 3. The van der Waals surface area contributed by atoms with Crippen LogP contribution in [0.25, 0.3) is 0 Å². The van der Waals surface area contributed by atoms with Crippen molar-refractivity contribution in [3.05, 3.63) is 29.6 Å². The van der Waals surface area contributed by atoms with Crippen molar-refractivity contribution in [3.8, 4) is 5.75 Å². The summed E-state index contributed by atoms with van der Waals surface area (Å²) in [5.74, 6) is -1.76. The standard InChI is InChI=1S/C13H15F3N2O2.ClH/c14-8-3-4-10(11(6-8)20-13(15)16)12(19)18-7-9-2-1-5-17-9;/h3-4,6,9,13,17H,1-2,5,7H2,(H,18,19);1H. The van der Waals surface area contributed by atoms with E-state index >= 15 is 0 Å². The maximum Gasteiger partial charge on any atom is 0.387 e. The van der Waals surface area contributed by atoms with Crippen LogP contribution in [0.15, 0.2) is 18.2 Å². The van der Waals surface area contributed by atoms with Gasteiger partial charge in [0.2, 0.25) is 0 Å². The predicted molar refractivity (Wildman–Crippen MR) is 73.6 cm³/mol. The second-order valence-electron chi connectivity index (χ2n) is 4.52. The molecule has 1 aliphatic rings. The van der Waals surface area contributed by atoms with Crippen molar-refractivity contribution in [1.82, 2.24) is 10.6 Å². The molecule has 118 valence electrons. The second-order valence-corrected chi connectivity index (χ2v) is 4.52. The van der Waals surface area contributed by atoms with E-state index in [1.165, 1.54) is 0 Å². The molecule has 1 unspecified atom stereocenters. The summed E-state index contributed by atoms with van der Waals surface area (Å²) < 4.78 is 41.7. The van der Waals surface area contributed by atoms with E-state index in [-0.39, 0.29) is 24.0 Å². The van der Waals surface area contributed by atoms with Gasteiger partial charge >= 0.3 is 6.61 Å². The molecule has 4 nitrogen and oxygen atoms in total. The van der Waals surface area contributed by atoms with E-state index in [0.717, 1.165) is 37.6 Å². The highest BCUT2D eigenvalue weighted by Crippen LogP contribution is 2.22. The molecule has 21 heavy (non-hydrogen) atoms. The van der Waals surface area contributed by atoms with Gasteiger partial charge in [0.15, 0.2) is 0 Å². The van der Waals surface area contributed by atoms with Gasteiger partial charge in [-0.1, -0.05) is 0 Å². The number of benzene rings is 1. The molecule has 0 aromatic heterocycles. The van der Waals surface area contributed by atoms with Gasteiger partial charge in [-0.2, -0.15) is 8.78 Å². The number of carbonyl (C=O) groups excluding carboxylic acids is 1. The van der Waals surface area contributed by atoms with E-state index < -0.39 is 24.1 Å². The molecule has 0 bridgehead atoms. The maximum absolute atomic E-state index is 13.0. The van der Waals surface area contributed by atoms with Crippen molar-refractivity contribution in [2.24, 2.45) is 0 Å². The normalized spacial score (nSPS) is 17.4. The molecule has 2 rings (SSSR count). The monoisotopic (exact) mass is 324 g/mol. The topological polar surface area (TPSA) is 50.4 Å². The number of nitrogens with one attached hydrogen (secondary N) is 2. The van der Waals surface area contributed by atoms with Gasteiger partial charge in [-0.25, -0.2) is 4.39 Å². The summed E-state index contributed by atoms with van der Waals surface area (Å²) in [7, 11) is 0. The first-order valence-corrected chi connectivity index (χ1v) is 6.32. The summed E-state index contributed by atoms with van der Waals surface area (Å²) in [6, 6.07) is 3.11. The van der Waals surface area contributed by atoms with Crippen LogP contribution in [0, 0.1) is 5.82 Å². The molecule has 0 saturated carbocycles. The summed E-state index contributed by atoms with van der Waals surface area (Å²) in [4.78, 5) is 11.9. The van der Waals surface area contributed by atoms with Crippen molar-refractivity contribution >= 4 is 18.3 Å². The molecule has 2 N–H and O–H groups in total. The third-order valence-electron chi connectivity index (χ3n) is 3.08. The van der Waals surface area contributed by atoms with Gasteiger partial charge in [-0.3, -0.25) is 4.79 Å². The fourth-order valence-corrected chi connectivity index (χ4v) is 2.12. The van der Waals surface area contributed by atoms with Gasteiger partial charge in [-0.15, -0.1) is 12.4 Å². The third-order valence-corrected chi connectivity index (χ3v) is 3.08. The average molecular weight is 325 g/mol. The lowest BCUT2D eigenvalue weighted by atomic mass is 10.1. The molecule has 1 heterocycles. The van der Waals surface area contributed by atoms with Crippen molar-refractivity contribution in [2.45, 2.75) is 25.5 Å². The smallest absolute Gasteiger partial charge is 0.387 e. The molecule has 1 aliphatic heterocycles. The zero-order valence-corrected chi connectivity index (χ0v) is 11.9. The first-order chi connectivity index (χ1) is 9.56. The summed E-state index contributed by atoms with van der Waals surface area (Å²) in [6.45, 7) is -1.82. The zero-order valence-electron chi connectivity index (χ0n) is 11.1. The van der Waals surface area contributed by atoms with E-state index in [9.17, 15) is 18.0 Å². The predicted octanol–water partition coefficient (Wildman–Crippen LogP) is 2.33. The summed E-state index contributed by atoms with van der Waals surface area (Å²) in [5.41, 5.74) is -0.107. The van der Waals surface area contributed by atoms with Crippen molar-refractivity contribution < 1.29 is 22.7 Å². The van der Waals surface area contributed by atoms with Gasteiger partial charge in [0.05, 0.1) is 5.56 Å². The molecule has 0 aliphatic carbocycles. The van der Waals surface area contributed by atoms with Crippen LogP contribution >= 0.6 is 12.4 Å². The van der Waals surface area contributed by atoms with Crippen molar-refractivity contribution in [3.63, 3.8) is 0 Å². The number of ether oxygens (including phenoxy) is 1. The number of halogens is 4. The lowest BCUT2D eigenvalue weighted by molar-refractivity contribution is -0.0503. The minimum Gasteiger partial charge on any atom is -0.434 e. The molecule has 1 atom stereocenters. The Morgan fingerprint density at radius 1 is 1.48 bits per heavy atom. The van der Waals surface area contributed by atoms with Crippen LogP contribution in [0.1, 0.15) is 23.2 Å². The van der Waals surface area contributed by atoms with Crippen LogP contribution in [0.4, 0.5) is 13.2 Å². The Balaban J connectivity index is 0.00000220. The van der Waals surface area contributed by atoms with Gasteiger partial charge in [0.25, 0.3) is 5.91 Å². The Morgan fingerprint density at radius 2 is 2.24 bits per heavy atom. The lowest BCUT2D eigenvalue weighted by Crippen LogP contribution is -2.37. The fourth-order valence-electron chi connectivity index (χ4n) is 2.12. The van der Waals surface area contributed by atoms with Crippen LogP contribution in [0.5, 0.6) is 5.75 Å². The molecule has 8 heteroatoms. The largest absolute Gasteiger partial charge is 0.434 e. The summed E-state index contributed by atoms with van der Waals surface area (Å²) >= 11 is 0. The van der Waals surface area contributed by atoms with E-state index in [0.29, 0.717) is 6.54 Å². The molecule has 1 saturated heterocycles. The van der Waals surface area contributed by atoms with Crippen molar-refractivity contribution in [1.29, 1.82) is 0 Å². The Bertz CT molecular complexity index is 482. The number of amides is 1. The molecule has 1 aromatic rings. The van der Waals surface area contributed by atoms with Gasteiger partial charge in [-0.05, 0) is 31.5 Å². The summed E-state index contributed by atoms with van der Waals surface area (Å²) in [5, 5.41) is 5.82. The summed E-state index contributed by atoms with van der Waals surface area (Å²) in [6.07, 6.45) is 1.99. The average Bonchev–Trinajstić information content (AvgIpc) is 2.88. The molecule has 0 radical (unpaired) electrons. The molecular weight excluding hydrogens is 309 g/mol. The molecule has 1 aromatic carbocycles. The highest BCUT2D eigenvalue weighted by Gasteiger charge is 2.19. The van der Waals surface area contributed by atoms with Crippen molar-refractivity contribution in [2.75, 3.05) is 13.1 Å². The van der Waals surface area contributed by atoms with Crippen LogP contribution in [0.3, 0.4) is 0 Å². The highest BCUT2D eigenvalue weighted by molar-refractivity contribution is 5.96. The van der Waals surface area contributed by atoms with E-state index in [1.807, 2.05) is 0 Å².